The minimum absolute atomic E-state index is 0.143. The Labute approximate surface area is 113 Å². The number of aromatic nitrogens is 2. The Bertz CT molecular complexity index is 637. The molecule has 1 aromatic carbocycles. The molecule has 0 atom stereocenters. The average molecular weight is 332 g/mol. The molecule has 0 spiro atoms. The van der Waals surface area contributed by atoms with E-state index in [1.807, 2.05) is 0 Å². The van der Waals surface area contributed by atoms with Gasteiger partial charge in [0, 0.05) is 0 Å². The van der Waals surface area contributed by atoms with E-state index in [-0.39, 0.29) is 10.7 Å². The molecule has 0 saturated carbocycles. The molecule has 0 aliphatic carbocycles. The first-order chi connectivity index (χ1) is 8.53. The summed E-state index contributed by atoms with van der Waals surface area (Å²) in [6.07, 6.45) is 1.46. The van der Waals surface area contributed by atoms with Crippen LogP contribution in [-0.4, -0.2) is 25.7 Å². The smallest absolute Gasteiger partial charge is 0.263 e. The first-order valence-electron chi connectivity index (χ1n) is 4.88. The van der Waals surface area contributed by atoms with Gasteiger partial charge in [0.2, 0.25) is 0 Å². The quantitative estimate of drug-likeness (QED) is 0.897. The van der Waals surface area contributed by atoms with Crippen molar-refractivity contribution in [3.63, 3.8) is 0 Å². The normalized spacial score (nSPS) is 11.2. The number of hydrogen-bond donors (Lipinski definition) is 2. The third-order valence-corrected chi connectivity index (χ3v) is 4.17. The SMILES string of the molecule is COc1ccc(S(=O)(=O)Nc2[nH]ncc2Br)cc1. The lowest BCUT2D eigenvalue weighted by Gasteiger charge is -2.07. The number of benzene rings is 1. The molecule has 6 nitrogen and oxygen atoms in total. The number of nitrogens with zero attached hydrogens (tertiary/aromatic N) is 1. The second kappa shape index (κ2) is 4.99. The number of sulfonamides is 1. The van der Waals surface area contributed by atoms with Crippen LogP contribution in [0.15, 0.2) is 39.8 Å². The van der Waals surface area contributed by atoms with Gasteiger partial charge < -0.3 is 4.74 Å². The van der Waals surface area contributed by atoms with Gasteiger partial charge in [-0.25, -0.2) is 8.42 Å². The van der Waals surface area contributed by atoms with Crippen LogP contribution in [0.3, 0.4) is 0 Å². The number of nitrogens with one attached hydrogen (secondary N) is 2. The molecule has 2 rings (SSSR count). The van der Waals surface area contributed by atoms with Crippen molar-refractivity contribution < 1.29 is 13.2 Å². The van der Waals surface area contributed by atoms with Crippen LogP contribution in [0.25, 0.3) is 0 Å². The average Bonchev–Trinajstić information content (AvgIpc) is 2.74. The fourth-order valence-electron chi connectivity index (χ4n) is 1.29. The van der Waals surface area contributed by atoms with Gasteiger partial charge in [0.25, 0.3) is 10.0 Å². The summed E-state index contributed by atoms with van der Waals surface area (Å²) in [6.45, 7) is 0. The van der Waals surface area contributed by atoms with Gasteiger partial charge in [0.15, 0.2) is 0 Å². The first kappa shape index (κ1) is 12.9. The van der Waals surface area contributed by atoms with E-state index >= 15 is 0 Å². The molecule has 1 heterocycles. The zero-order chi connectivity index (χ0) is 13.2. The van der Waals surface area contributed by atoms with Gasteiger partial charge in [-0.3, -0.25) is 9.82 Å². The summed E-state index contributed by atoms with van der Waals surface area (Å²) in [5, 5.41) is 6.25. The van der Waals surface area contributed by atoms with Crippen LogP contribution in [0.1, 0.15) is 0 Å². The van der Waals surface area contributed by atoms with Crippen molar-refractivity contribution in [1.29, 1.82) is 0 Å². The van der Waals surface area contributed by atoms with E-state index in [4.69, 9.17) is 4.74 Å². The van der Waals surface area contributed by atoms with Crippen LogP contribution in [0, 0.1) is 0 Å². The number of aromatic amines is 1. The second-order valence-corrected chi connectivity index (χ2v) is 5.91. The number of halogens is 1. The Morgan fingerprint density at radius 2 is 2.00 bits per heavy atom. The molecule has 0 radical (unpaired) electrons. The summed E-state index contributed by atoms with van der Waals surface area (Å²) in [7, 11) is -2.12. The summed E-state index contributed by atoms with van der Waals surface area (Å²) in [6, 6.07) is 6.09. The van der Waals surface area contributed by atoms with E-state index in [1.165, 1.54) is 25.4 Å². The van der Waals surface area contributed by atoms with Crippen molar-refractivity contribution >= 4 is 31.8 Å². The lowest BCUT2D eigenvalue weighted by atomic mass is 10.3. The zero-order valence-corrected chi connectivity index (χ0v) is 11.7. The van der Waals surface area contributed by atoms with E-state index in [0.29, 0.717) is 10.2 Å². The van der Waals surface area contributed by atoms with E-state index in [9.17, 15) is 8.42 Å². The highest BCUT2D eigenvalue weighted by atomic mass is 79.9. The molecular weight excluding hydrogens is 322 g/mol. The van der Waals surface area contributed by atoms with Gasteiger partial charge in [-0.2, -0.15) is 5.10 Å². The van der Waals surface area contributed by atoms with E-state index < -0.39 is 10.0 Å². The van der Waals surface area contributed by atoms with Crippen LogP contribution < -0.4 is 9.46 Å². The second-order valence-electron chi connectivity index (χ2n) is 3.37. The Balaban J connectivity index is 2.28. The lowest BCUT2D eigenvalue weighted by molar-refractivity contribution is 0.414. The number of anilines is 1. The molecule has 8 heteroatoms. The number of hydrogen-bond acceptors (Lipinski definition) is 4. The number of H-pyrrole nitrogens is 1. The van der Waals surface area contributed by atoms with Crippen LogP contribution in [0.4, 0.5) is 5.82 Å². The molecule has 0 bridgehead atoms. The zero-order valence-electron chi connectivity index (χ0n) is 9.34. The van der Waals surface area contributed by atoms with Crippen molar-refractivity contribution in [2.45, 2.75) is 4.90 Å². The van der Waals surface area contributed by atoms with E-state index in [0.717, 1.165) is 0 Å². The monoisotopic (exact) mass is 331 g/mol. The molecule has 0 aliphatic rings. The standard InChI is InChI=1S/C10H10BrN3O3S/c1-17-7-2-4-8(5-3-7)18(15,16)14-10-9(11)6-12-13-10/h2-6H,1H3,(H2,12,13,14). The molecule has 18 heavy (non-hydrogen) atoms. The third-order valence-electron chi connectivity index (χ3n) is 2.20. The predicted octanol–water partition coefficient (Wildman–Crippen LogP) is 1.98. The molecule has 2 aromatic rings. The van der Waals surface area contributed by atoms with Gasteiger partial charge in [0.1, 0.15) is 11.6 Å². The maximum absolute atomic E-state index is 12.0. The lowest BCUT2D eigenvalue weighted by Crippen LogP contribution is -2.13. The van der Waals surface area contributed by atoms with Crippen LogP contribution in [0.2, 0.25) is 0 Å². The molecule has 96 valence electrons. The summed E-state index contributed by atoms with van der Waals surface area (Å²) in [4.78, 5) is 0.143. The maximum atomic E-state index is 12.0. The molecule has 0 fully saturated rings. The van der Waals surface area contributed by atoms with Crippen molar-refractivity contribution in [2.24, 2.45) is 0 Å². The maximum Gasteiger partial charge on any atom is 0.263 e. The summed E-state index contributed by atoms with van der Waals surface area (Å²) < 4.78 is 32.0. The molecule has 0 aliphatic heterocycles. The highest BCUT2D eigenvalue weighted by Gasteiger charge is 2.16. The number of rotatable bonds is 4. The Hall–Kier alpha value is -1.54. The fraction of sp³-hybridized carbons (Fsp3) is 0.100. The van der Waals surface area contributed by atoms with Crippen molar-refractivity contribution in [3.8, 4) is 5.75 Å². The van der Waals surface area contributed by atoms with Gasteiger partial charge in [-0.1, -0.05) is 0 Å². The first-order valence-corrected chi connectivity index (χ1v) is 7.16. The van der Waals surface area contributed by atoms with E-state index in [2.05, 4.69) is 30.8 Å². The van der Waals surface area contributed by atoms with Crippen molar-refractivity contribution in [1.82, 2.24) is 10.2 Å². The number of ether oxygens (including phenoxy) is 1. The molecule has 0 amide bonds. The molecule has 0 unspecified atom stereocenters. The predicted molar refractivity (Wildman–Crippen MR) is 70.1 cm³/mol. The largest absolute Gasteiger partial charge is 0.497 e. The van der Waals surface area contributed by atoms with Crippen molar-refractivity contribution in [2.75, 3.05) is 11.8 Å². The minimum atomic E-state index is -3.64. The fourth-order valence-corrected chi connectivity index (χ4v) is 2.75. The van der Waals surface area contributed by atoms with Crippen LogP contribution in [0.5, 0.6) is 5.75 Å². The molecule has 2 N–H and O–H groups in total. The topological polar surface area (TPSA) is 84.1 Å². The summed E-state index contributed by atoms with van der Waals surface area (Å²) in [5.41, 5.74) is 0. The molecule has 0 saturated heterocycles. The van der Waals surface area contributed by atoms with Crippen LogP contribution >= 0.6 is 15.9 Å². The highest BCUT2D eigenvalue weighted by molar-refractivity contribution is 9.10. The Kier molecular flexibility index (Phi) is 3.58. The molecular formula is C10H10BrN3O3S. The van der Waals surface area contributed by atoms with Gasteiger partial charge in [-0.05, 0) is 40.2 Å². The Morgan fingerprint density at radius 1 is 1.33 bits per heavy atom. The Morgan fingerprint density at radius 3 is 2.50 bits per heavy atom. The van der Waals surface area contributed by atoms with Gasteiger partial charge in [0.05, 0.1) is 22.7 Å². The summed E-state index contributed by atoms with van der Waals surface area (Å²) in [5.74, 6) is 0.877. The van der Waals surface area contributed by atoms with Crippen LogP contribution in [-0.2, 0) is 10.0 Å². The van der Waals surface area contributed by atoms with Gasteiger partial charge in [-0.15, -0.1) is 0 Å². The van der Waals surface area contributed by atoms with Gasteiger partial charge >= 0.3 is 0 Å². The molecule has 1 aromatic heterocycles. The highest BCUT2D eigenvalue weighted by Crippen LogP contribution is 2.22. The number of methoxy groups -OCH3 is 1. The minimum Gasteiger partial charge on any atom is -0.497 e. The van der Waals surface area contributed by atoms with E-state index in [1.54, 1.807) is 12.1 Å². The van der Waals surface area contributed by atoms with Crippen molar-refractivity contribution in [3.05, 3.63) is 34.9 Å². The third kappa shape index (κ3) is 2.65. The summed E-state index contributed by atoms with van der Waals surface area (Å²) >= 11 is 3.17.